The fraction of sp³-hybridized carbons (Fsp3) is 0.0870. The Hall–Kier alpha value is -3.87. The van der Waals surface area contributed by atoms with Gasteiger partial charge in [-0.05, 0) is 42.0 Å². The summed E-state index contributed by atoms with van der Waals surface area (Å²) in [5, 5.41) is 6.34. The largest absolute Gasteiger partial charge is 0.497 e. The molecule has 0 spiro atoms. The smallest absolute Gasteiger partial charge is 0.299 e. The molecule has 4 rings (SSSR count). The van der Waals surface area contributed by atoms with E-state index >= 15 is 0 Å². The highest BCUT2D eigenvalue weighted by molar-refractivity contribution is 5.74. The second kappa shape index (κ2) is 8.65. The van der Waals surface area contributed by atoms with E-state index in [-0.39, 0.29) is 0 Å². The van der Waals surface area contributed by atoms with Crippen LogP contribution in [0.1, 0.15) is 5.56 Å². The zero-order valence-electron chi connectivity index (χ0n) is 16.2. The maximum absolute atomic E-state index is 13.4. The summed E-state index contributed by atoms with van der Waals surface area (Å²) in [6.07, 6.45) is 1.63. The number of nitrogens with one attached hydrogen (secondary N) is 2. The summed E-state index contributed by atoms with van der Waals surface area (Å²) in [5.74, 6) is -0.449. The number of oxazole rings is 1. The third-order valence-corrected chi connectivity index (χ3v) is 4.49. The molecule has 2 N–H and O–H groups in total. The van der Waals surface area contributed by atoms with Crippen molar-refractivity contribution in [1.29, 1.82) is 0 Å². The molecule has 0 aliphatic rings. The molecule has 0 radical (unpaired) electrons. The molecule has 0 fully saturated rings. The van der Waals surface area contributed by atoms with Crippen molar-refractivity contribution in [1.82, 2.24) is 4.98 Å². The number of rotatable bonds is 7. The summed E-state index contributed by atoms with van der Waals surface area (Å²) in [5.41, 5.74) is 2.99. The predicted octanol–water partition coefficient (Wildman–Crippen LogP) is 5.98. The number of aromatic nitrogens is 1. The highest BCUT2D eigenvalue weighted by Gasteiger charge is 2.11. The van der Waals surface area contributed by atoms with Gasteiger partial charge >= 0.3 is 0 Å². The molecular formula is C23H19F2N3O2. The summed E-state index contributed by atoms with van der Waals surface area (Å²) >= 11 is 0. The third kappa shape index (κ3) is 4.41. The molecule has 0 unspecified atom stereocenters. The zero-order chi connectivity index (χ0) is 20.9. The van der Waals surface area contributed by atoms with E-state index in [1.165, 1.54) is 6.07 Å². The Morgan fingerprint density at radius 2 is 1.83 bits per heavy atom. The number of ether oxygens (including phenoxy) is 1. The molecule has 152 valence electrons. The first-order valence-electron chi connectivity index (χ1n) is 9.26. The van der Waals surface area contributed by atoms with E-state index < -0.39 is 11.6 Å². The van der Waals surface area contributed by atoms with Crippen LogP contribution in [0.25, 0.3) is 11.3 Å². The molecule has 1 heterocycles. The van der Waals surface area contributed by atoms with E-state index in [4.69, 9.17) is 9.15 Å². The molecule has 0 saturated heterocycles. The van der Waals surface area contributed by atoms with Gasteiger partial charge in [-0.15, -0.1) is 0 Å². The van der Waals surface area contributed by atoms with Crippen molar-refractivity contribution in [2.24, 2.45) is 0 Å². The molecule has 1 aromatic heterocycles. The summed E-state index contributed by atoms with van der Waals surface area (Å²) < 4.78 is 37.6. The van der Waals surface area contributed by atoms with Crippen molar-refractivity contribution < 1.29 is 17.9 Å². The van der Waals surface area contributed by atoms with Crippen LogP contribution >= 0.6 is 0 Å². The average Bonchev–Trinajstić information content (AvgIpc) is 3.23. The molecular weight excluding hydrogens is 388 g/mol. The molecule has 4 aromatic rings. The Kier molecular flexibility index (Phi) is 5.61. The number of hydrogen-bond donors (Lipinski definition) is 2. The number of halogens is 2. The zero-order valence-corrected chi connectivity index (χ0v) is 16.2. The number of anilines is 3. The molecule has 0 saturated carbocycles. The highest BCUT2D eigenvalue weighted by atomic mass is 19.2. The van der Waals surface area contributed by atoms with Crippen molar-refractivity contribution in [3.05, 3.63) is 90.1 Å². The maximum Gasteiger partial charge on any atom is 0.299 e. The minimum Gasteiger partial charge on any atom is -0.497 e. The Bertz CT molecular complexity index is 1160. The van der Waals surface area contributed by atoms with Crippen LogP contribution in [-0.2, 0) is 6.54 Å². The van der Waals surface area contributed by atoms with Crippen molar-refractivity contribution in [3.8, 4) is 17.1 Å². The standard InChI is InChI=1S/C23H19F2N3O2/c1-29-17-6-4-5-16(12-17)28-23-27-14-22(30-23)18-7-2-3-8-21(18)26-13-15-9-10-19(24)20(25)11-15/h2-12,14,26H,13H2,1H3,(H,27,28). The molecule has 0 amide bonds. The Balaban J connectivity index is 1.51. The van der Waals surface area contributed by atoms with Gasteiger partial charge in [-0.25, -0.2) is 13.8 Å². The van der Waals surface area contributed by atoms with E-state index in [1.807, 2.05) is 48.5 Å². The van der Waals surface area contributed by atoms with E-state index in [1.54, 1.807) is 19.4 Å². The first-order valence-corrected chi connectivity index (χ1v) is 9.26. The fourth-order valence-electron chi connectivity index (χ4n) is 2.98. The third-order valence-electron chi connectivity index (χ3n) is 4.49. The Morgan fingerprint density at radius 3 is 2.67 bits per heavy atom. The average molecular weight is 407 g/mol. The molecule has 30 heavy (non-hydrogen) atoms. The van der Waals surface area contributed by atoms with Crippen LogP contribution in [0.5, 0.6) is 5.75 Å². The van der Waals surface area contributed by atoms with E-state index in [2.05, 4.69) is 15.6 Å². The normalized spacial score (nSPS) is 10.6. The molecule has 0 atom stereocenters. The van der Waals surface area contributed by atoms with E-state index in [0.717, 1.165) is 28.8 Å². The van der Waals surface area contributed by atoms with Gasteiger partial charge in [0.1, 0.15) is 5.75 Å². The lowest BCUT2D eigenvalue weighted by molar-refractivity contribution is 0.415. The number of nitrogens with zero attached hydrogens (tertiary/aromatic N) is 1. The van der Waals surface area contributed by atoms with Crippen LogP contribution in [0.2, 0.25) is 0 Å². The van der Waals surface area contributed by atoms with Crippen LogP contribution < -0.4 is 15.4 Å². The van der Waals surface area contributed by atoms with E-state index in [9.17, 15) is 8.78 Å². The van der Waals surface area contributed by atoms with Crippen molar-refractivity contribution in [2.75, 3.05) is 17.7 Å². The van der Waals surface area contributed by atoms with Crippen molar-refractivity contribution >= 4 is 17.4 Å². The summed E-state index contributed by atoms with van der Waals surface area (Å²) in [6, 6.07) is 19.1. The van der Waals surface area contributed by atoms with Crippen LogP contribution in [0.4, 0.5) is 26.2 Å². The molecule has 0 aliphatic heterocycles. The lowest BCUT2D eigenvalue weighted by atomic mass is 10.1. The summed E-state index contributed by atoms with van der Waals surface area (Å²) in [6.45, 7) is 0.331. The van der Waals surface area contributed by atoms with Crippen LogP contribution in [0.15, 0.2) is 77.3 Å². The van der Waals surface area contributed by atoms with Gasteiger partial charge in [-0.2, -0.15) is 0 Å². The SMILES string of the molecule is COc1cccc(Nc2ncc(-c3ccccc3NCc3ccc(F)c(F)c3)o2)c1. The molecule has 5 nitrogen and oxygen atoms in total. The van der Waals surface area contributed by atoms with Crippen molar-refractivity contribution in [2.45, 2.75) is 6.54 Å². The fourth-order valence-corrected chi connectivity index (χ4v) is 2.98. The second-order valence-corrected chi connectivity index (χ2v) is 6.53. The summed E-state index contributed by atoms with van der Waals surface area (Å²) in [7, 11) is 1.60. The molecule has 0 aliphatic carbocycles. The lowest BCUT2D eigenvalue weighted by Crippen LogP contribution is -2.01. The predicted molar refractivity (Wildman–Crippen MR) is 112 cm³/mol. The van der Waals surface area contributed by atoms with Gasteiger partial charge in [0, 0.05) is 29.5 Å². The second-order valence-electron chi connectivity index (χ2n) is 6.53. The number of methoxy groups -OCH3 is 1. The van der Waals surface area contributed by atoms with Crippen LogP contribution in [0, 0.1) is 11.6 Å². The van der Waals surface area contributed by atoms with Gasteiger partial charge < -0.3 is 19.8 Å². The summed E-state index contributed by atoms with van der Waals surface area (Å²) in [4.78, 5) is 4.29. The van der Waals surface area contributed by atoms with Gasteiger partial charge in [-0.1, -0.05) is 24.3 Å². The molecule has 7 heteroatoms. The monoisotopic (exact) mass is 407 g/mol. The quantitative estimate of drug-likeness (QED) is 0.394. The van der Waals surface area contributed by atoms with Gasteiger partial charge in [0.25, 0.3) is 6.01 Å². The maximum atomic E-state index is 13.4. The number of hydrogen-bond acceptors (Lipinski definition) is 5. The van der Waals surface area contributed by atoms with Crippen molar-refractivity contribution in [3.63, 3.8) is 0 Å². The first-order chi connectivity index (χ1) is 14.6. The Labute approximate surface area is 172 Å². The number of para-hydroxylation sites is 1. The van der Waals surface area contributed by atoms with E-state index in [0.29, 0.717) is 23.9 Å². The van der Waals surface area contributed by atoms with Gasteiger partial charge in [0.15, 0.2) is 17.4 Å². The number of benzene rings is 3. The topological polar surface area (TPSA) is 59.3 Å². The lowest BCUT2D eigenvalue weighted by Gasteiger charge is -2.11. The molecule has 3 aromatic carbocycles. The van der Waals surface area contributed by atoms with Crippen LogP contribution in [0.3, 0.4) is 0 Å². The Morgan fingerprint density at radius 1 is 0.967 bits per heavy atom. The first kappa shape index (κ1) is 19.4. The van der Waals surface area contributed by atoms with Crippen LogP contribution in [-0.4, -0.2) is 12.1 Å². The minimum atomic E-state index is -0.869. The van der Waals surface area contributed by atoms with Gasteiger partial charge in [-0.3, -0.25) is 0 Å². The minimum absolute atomic E-state index is 0.331. The van der Waals surface area contributed by atoms with Gasteiger partial charge in [0.2, 0.25) is 0 Å². The molecule has 0 bridgehead atoms. The highest BCUT2D eigenvalue weighted by Crippen LogP contribution is 2.31. The van der Waals surface area contributed by atoms with Gasteiger partial charge in [0.05, 0.1) is 13.3 Å².